The summed E-state index contributed by atoms with van der Waals surface area (Å²) in [5.41, 5.74) is 0. The molecule has 1 aromatic rings. The van der Waals surface area contributed by atoms with Gasteiger partial charge < -0.3 is 9.52 Å². The summed E-state index contributed by atoms with van der Waals surface area (Å²) in [5.74, 6) is 1.43. The van der Waals surface area contributed by atoms with Crippen molar-refractivity contribution in [2.75, 3.05) is 0 Å². The van der Waals surface area contributed by atoms with Crippen LogP contribution in [-0.2, 0) is 0 Å². The van der Waals surface area contributed by atoms with E-state index in [4.69, 9.17) is 9.52 Å². The van der Waals surface area contributed by atoms with Crippen molar-refractivity contribution in [3.05, 3.63) is 16.3 Å². The first kappa shape index (κ1) is 9.74. The van der Waals surface area contributed by atoms with Gasteiger partial charge in [0.05, 0.1) is 0 Å². The maximum absolute atomic E-state index is 9.17. The number of nitrogens with zero attached hydrogens (tertiary/aromatic N) is 1. The molecule has 4 heteroatoms. The van der Waals surface area contributed by atoms with Crippen LogP contribution >= 0.6 is 15.9 Å². The van der Waals surface area contributed by atoms with Gasteiger partial charge in [0.25, 0.3) is 0 Å². The molecule has 12 heavy (non-hydrogen) atoms. The summed E-state index contributed by atoms with van der Waals surface area (Å²) in [6.07, 6.45) is -0.645. The summed E-state index contributed by atoms with van der Waals surface area (Å²) >= 11 is 3.27. The zero-order valence-electron chi connectivity index (χ0n) is 7.34. The third kappa shape index (κ3) is 1.87. The molecule has 0 aromatic carbocycles. The van der Waals surface area contributed by atoms with E-state index in [1.54, 1.807) is 6.92 Å². The standard InChI is InChI=1S/C8H12BrNO2/c1-4(2)6-7(9)10-8(12-6)5(3)11/h4-5,11H,1-3H3. The van der Waals surface area contributed by atoms with Crippen molar-refractivity contribution in [3.63, 3.8) is 0 Å². The molecule has 1 N–H and O–H groups in total. The molecule has 0 amide bonds. The van der Waals surface area contributed by atoms with Crippen LogP contribution in [0.5, 0.6) is 0 Å². The molecule has 0 saturated carbocycles. The van der Waals surface area contributed by atoms with Crippen molar-refractivity contribution >= 4 is 15.9 Å². The second-order valence-corrected chi connectivity index (χ2v) is 3.79. The molecule has 0 radical (unpaired) electrons. The van der Waals surface area contributed by atoms with Crippen molar-refractivity contribution in [1.29, 1.82) is 0 Å². The largest absolute Gasteiger partial charge is 0.441 e. The van der Waals surface area contributed by atoms with Crippen molar-refractivity contribution in [1.82, 2.24) is 4.98 Å². The first-order valence-electron chi connectivity index (χ1n) is 3.86. The van der Waals surface area contributed by atoms with Crippen molar-refractivity contribution < 1.29 is 9.52 Å². The molecule has 0 aliphatic rings. The highest BCUT2D eigenvalue weighted by Crippen LogP contribution is 2.27. The van der Waals surface area contributed by atoms with Crippen molar-refractivity contribution in [2.45, 2.75) is 32.8 Å². The summed E-state index contributed by atoms with van der Waals surface area (Å²) in [7, 11) is 0. The summed E-state index contributed by atoms with van der Waals surface area (Å²) in [5, 5.41) is 9.17. The van der Waals surface area contributed by atoms with Gasteiger partial charge in [0, 0.05) is 5.92 Å². The molecule has 0 fully saturated rings. The fourth-order valence-electron chi connectivity index (χ4n) is 0.864. The first-order chi connectivity index (χ1) is 5.52. The Labute approximate surface area is 79.9 Å². The zero-order valence-corrected chi connectivity index (χ0v) is 8.92. The van der Waals surface area contributed by atoms with E-state index in [9.17, 15) is 0 Å². The highest BCUT2D eigenvalue weighted by atomic mass is 79.9. The number of halogens is 1. The molecule has 0 aliphatic heterocycles. The average Bonchev–Trinajstić information content (AvgIpc) is 2.30. The second-order valence-electron chi connectivity index (χ2n) is 3.04. The molecule has 68 valence electrons. The lowest BCUT2D eigenvalue weighted by molar-refractivity contribution is 0.160. The molecule has 0 saturated heterocycles. The molecule has 0 bridgehead atoms. The van der Waals surface area contributed by atoms with Gasteiger partial charge in [-0.15, -0.1) is 0 Å². The molecule has 0 aliphatic carbocycles. The van der Waals surface area contributed by atoms with Gasteiger partial charge in [0.15, 0.2) is 0 Å². The van der Waals surface area contributed by atoms with Gasteiger partial charge in [-0.3, -0.25) is 0 Å². The van der Waals surface area contributed by atoms with Gasteiger partial charge in [-0.05, 0) is 22.9 Å². The highest BCUT2D eigenvalue weighted by molar-refractivity contribution is 9.10. The minimum atomic E-state index is -0.645. The van der Waals surface area contributed by atoms with Crippen LogP contribution in [0.4, 0.5) is 0 Å². The Morgan fingerprint density at radius 2 is 2.00 bits per heavy atom. The van der Waals surface area contributed by atoms with Gasteiger partial charge in [-0.25, -0.2) is 4.98 Å². The Morgan fingerprint density at radius 3 is 2.25 bits per heavy atom. The Hall–Kier alpha value is -0.350. The Kier molecular flexibility index (Phi) is 2.90. The molecule has 1 rings (SSSR count). The van der Waals surface area contributed by atoms with E-state index in [2.05, 4.69) is 20.9 Å². The van der Waals surface area contributed by atoms with Crippen LogP contribution in [0.3, 0.4) is 0 Å². The van der Waals surface area contributed by atoms with E-state index >= 15 is 0 Å². The second kappa shape index (κ2) is 3.58. The van der Waals surface area contributed by atoms with Crippen LogP contribution in [-0.4, -0.2) is 10.1 Å². The molecular formula is C8H12BrNO2. The zero-order chi connectivity index (χ0) is 9.30. The van der Waals surface area contributed by atoms with E-state index in [0.717, 1.165) is 5.76 Å². The molecule has 1 heterocycles. The number of rotatable bonds is 2. The summed E-state index contributed by atoms with van der Waals surface area (Å²) in [6, 6.07) is 0. The van der Waals surface area contributed by atoms with Gasteiger partial charge in [-0.1, -0.05) is 13.8 Å². The van der Waals surface area contributed by atoms with Crippen molar-refractivity contribution in [2.24, 2.45) is 0 Å². The molecule has 1 aromatic heterocycles. The average molecular weight is 234 g/mol. The van der Waals surface area contributed by atoms with Crippen LogP contribution in [0, 0.1) is 0 Å². The number of aliphatic hydroxyl groups excluding tert-OH is 1. The Bertz CT molecular complexity index is 268. The number of oxazole rings is 1. The minimum absolute atomic E-state index is 0.277. The smallest absolute Gasteiger partial charge is 0.224 e. The normalized spacial score (nSPS) is 13.8. The maximum atomic E-state index is 9.17. The summed E-state index contributed by atoms with van der Waals surface area (Å²) < 4.78 is 6.02. The number of aliphatic hydroxyl groups is 1. The highest BCUT2D eigenvalue weighted by Gasteiger charge is 2.16. The van der Waals surface area contributed by atoms with Gasteiger partial charge >= 0.3 is 0 Å². The van der Waals surface area contributed by atoms with Gasteiger partial charge in [0.2, 0.25) is 5.89 Å². The van der Waals surface area contributed by atoms with Gasteiger partial charge in [-0.2, -0.15) is 0 Å². The molecule has 0 spiro atoms. The monoisotopic (exact) mass is 233 g/mol. The fraction of sp³-hybridized carbons (Fsp3) is 0.625. The number of hydrogen-bond acceptors (Lipinski definition) is 3. The molecule has 1 unspecified atom stereocenters. The third-order valence-corrected chi connectivity index (χ3v) is 2.08. The predicted octanol–water partition coefficient (Wildman–Crippen LogP) is 2.61. The molecule has 3 nitrogen and oxygen atoms in total. The summed E-state index contributed by atoms with van der Waals surface area (Å²) in [6.45, 7) is 5.65. The minimum Gasteiger partial charge on any atom is -0.441 e. The molecule has 1 atom stereocenters. The fourth-order valence-corrected chi connectivity index (χ4v) is 1.58. The van der Waals surface area contributed by atoms with E-state index in [0.29, 0.717) is 10.5 Å². The quantitative estimate of drug-likeness (QED) is 0.855. The van der Waals surface area contributed by atoms with Crippen LogP contribution in [0.1, 0.15) is 44.4 Å². The SMILES string of the molecule is CC(C)c1oc(C(C)O)nc1Br. The maximum Gasteiger partial charge on any atom is 0.224 e. The molecular weight excluding hydrogens is 222 g/mol. The van der Waals surface area contributed by atoms with E-state index in [-0.39, 0.29) is 5.92 Å². The first-order valence-corrected chi connectivity index (χ1v) is 4.66. The van der Waals surface area contributed by atoms with Crippen LogP contribution in [0.15, 0.2) is 9.02 Å². The van der Waals surface area contributed by atoms with Gasteiger partial charge in [0.1, 0.15) is 16.5 Å². The van der Waals surface area contributed by atoms with E-state index in [1.165, 1.54) is 0 Å². The number of aromatic nitrogens is 1. The predicted molar refractivity (Wildman–Crippen MR) is 48.9 cm³/mol. The third-order valence-electron chi connectivity index (χ3n) is 1.51. The Morgan fingerprint density at radius 1 is 1.42 bits per heavy atom. The topological polar surface area (TPSA) is 46.3 Å². The van der Waals surface area contributed by atoms with Crippen LogP contribution < -0.4 is 0 Å². The lowest BCUT2D eigenvalue weighted by atomic mass is 10.2. The lowest BCUT2D eigenvalue weighted by Crippen LogP contribution is -1.89. The van der Waals surface area contributed by atoms with E-state index in [1.807, 2.05) is 13.8 Å². The lowest BCUT2D eigenvalue weighted by Gasteiger charge is -1.99. The van der Waals surface area contributed by atoms with E-state index < -0.39 is 6.10 Å². The van der Waals surface area contributed by atoms with Crippen LogP contribution in [0.2, 0.25) is 0 Å². The number of hydrogen-bond donors (Lipinski definition) is 1. The van der Waals surface area contributed by atoms with Crippen molar-refractivity contribution in [3.8, 4) is 0 Å². The Balaban J connectivity index is 3.00. The summed E-state index contributed by atoms with van der Waals surface area (Å²) in [4.78, 5) is 4.03. The van der Waals surface area contributed by atoms with Crippen LogP contribution in [0.25, 0.3) is 0 Å².